The number of aliphatic hydroxyl groups excluding tert-OH is 1. The number of hydrogen-bond donors (Lipinski definition) is 2. The Kier molecular flexibility index (Phi) is 13.8. The summed E-state index contributed by atoms with van der Waals surface area (Å²) in [6.45, 7) is 11.9. The summed E-state index contributed by atoms with van der Waals surface area (Å²) in [5.41, 5.74) is 0. The summed E-state index contributed by atoms with van der Waals surface area (Å²) in [5, 5.41) is 19.8. The third-order valence-electron chi connectivity index (χ3n) is 5.09. The molecule has 0 radical (unpaired) electrons. The summed E-state index contributed by atoms with van der Waals surface area (Å²) in [6, 6.07) is 0. The van der Waals surface area contributed by atoms with Crippen LogP contribution >= 0.6 is 0 Å². The van der Waals surface area contributed by atoms with Gasteiger partial charge in [-0.3, -0.25) is 4.79 Å². The van der Waals surface area contributed by atoms with Gasteiger partial charge >= 0.3 is 5.97 Å². The first kappa shape index (κ1) is 24.1. The van der Waals surface area contributed by atoms with Gasteiger partial charge in [0.1, 0.15) is 12.6 Å². The number of carboxylic acid groups (broad SMARTS) is 1. The first-order chi connectivity index (χ1) is 11.9. The molecule has 0 heterocycles. The van der Waals surface area contributed by atoms with Crippen molar-refractivity contribution < 1.29 is 19.5 Å². The van der Waals surface area contributed by atoms with Gasteiger partial charge in [-0.25, -0.2) is 0 Å². The van der Waals surface area contributed by atoms with Crippen molar-refractivity contribution in [3.05, 3.63) is 12.2 Å². The van der Waals surface area contributed by atoms with Gasteiger partial charge in [0.2, 0.25) is 0 Å². The van der Waals surface area contributed by atoms with Crippen LogP contribution in [0.3, 0.4) is 0 Å². The van der Waals surface area contributed by atoms with Gasteiger partial charge < -0.3 is 14.7 Å². The fraction of sp³-hybridized carbons (Fsp3) is 0.857. The van der Waals surface area contributed by atoms with Gasteiger partial charge in [-0.2, -0.15) is 0 Å². The average Bonchev–Trinajstić information content (AvgIpc) is 2.59. The summed E-state index contributed by atoms with van der Waals surface area (Å²) >= 11 is 0. The number of carboxylic acids is 1. The second-order valence-corrected chi connectivity index (χ2v) is 7.57. The maximum atomic E-state index is 11.2. The van der Waals surface area contributed by atoms with E-state index in [0.717, 1.165) is 62.6 Å². The molecule has 0 aromatic rings. The molecule has 0 fully saturated rings. The molecule has 0 rings (SSSR count). The topological polar surface area (TPSA) is 57.5 Å². The molecule has 0 saturated carbocycles. The number of aliphatic hydroxyl groups is 1. The van der Waals surface area contributed by atoms with Crippen LogP contribution in [0.25, 0.3) is 0 Å². The van der Waals surface area contributed by atoms with Gasteiger partial charge in [0.15, 0.2) is 0 Å². The van der Waals surface area contributed by atoms with Crippen molar-refractivity contribution in [3.8, 4) is 0 Å². The molecule has 0 aliphatic rings. The van der Waals surface area contributed by atoms with Crippen LogP contribution < -0.4 is 0 Å². The van der Waals surface area contributed by atoms with Crippen LogP contribution in [0, 0.1) is 5.92 Å². The van der Waals surface area contributed by atoms with E-state index in [2.05, 4.69) is 26.8 Å². The molecular weight excluding hydrogens is 314 g/mol. The molecule has 4 nitrogen and oxygen atoms in total. The third-order valence-corrected chi connectivity index (χ3v) is 5.09. The highest BCUT2D eigenvalue weighted by atomic mass is 16.4. The highest BCUT2D eigenvalue weighted by Crippen LogP contribution is 2.18. The van der Waals surface area contributed by atoms with Crippen molar-refractivity contribution in [1.82, 2.24) is 0 Å². The molecule has 0 aliphatic heterocycles. The molecule has 0 amide bonds. The standard InChI is InChI=1S/C21H41NO3/c1-5-8-11-12-13-20(23)18-22(15-9-6-2,16-10-7-3)17-14-19(4)21(24)25/h12-13,19-20,23H,5-11,14-18H2,1-4H3/p+1/b13-12+. The van der Waals surface area contributed by atoms with Gasteiger partial charge in [-0.1, -0.05) is 65.5 Å². The van der Waals surface area contributed by atoms with E-state index in [1.165, 1.54) is 6.42 Å². The largest absolute Gasteiger partial charge is 0.481 e. The number of rotatable bonds is 16. The summed E-state index contributed by atoms with van der Waals surface area (Å²) in [6.07, 6.45) is 12.1. The lowest BCUT2D eigenvalue weighted by Crippen LogP contribution is -2.54. The molecule has 25 heavy (non-hydrogen) atoms. The highest BCUT2D eigenvalue weighted by molar-refractivity contribution is 5.69. The van der Waals surface area contributed by atoms with E-state index >= 15 is 0 Å². The Labute approximate surface area is 155 Å². The first-order valence-electron chi connectivity index (χ1n) is 10.3. The maximum absolute atomic E-state index is 11.2. The zero-order valence-corrected chi connectivity index (χ0v) is 17.0. The van der Waals surface area contributed by atoms with E-state index in [4.69, 9.17) is 0 Å². The minimum absolute atomic E-state index is 0.321. The molecular formula is C21H42NO3+. The van der Waals surface area contributed by atoms with Gasteiger partial charge in [-0.15, -0.1) is 0 Å². The van der Waals surface area contributed by atoms with Crippen LogP contribution in [0.2, 0.25) is 0 Å². The van der Waals surface area contributed by atoms with Crippen LogP contribution in [0.1, 0.15) is 79.1 Å². The Morgan fingerprint density at radius 2 is 1.56 bits per heavy atom. The fourth-order valence-electron chi connectivity index (χ4n) is 3.22. The van der Waals surface area contributed by atoms with Gasteiger partial charge in [0.05, 0.1) is 25.6 Å². The Hall–Kier alpha value is -0.870. The van der Waals surface area contributed by atoms with E-state index < -0.39 is 12.1 Å². The van der Waals surface area contributed by atoms with E-state index in [0.29, 0.717) is 13.0 Å². The monoisotopic (exact) mass is 356 g/mol. The fourth-order valence-corrected chi connectivity index (χ4v) is 3.22. The molecule has 4 heteroatoms. The van der Waals surface area contributed by atoms with E-state index in [1.54, 1.807) is 6.92 Å². The van der Waals surface area contributed by atoms with Crippen molar-refractivity contribution >= 4 is 5.97 Å². The number of unbranched alkanes of at least 4 members (excludes halogenated alkanes) is 4. The molecule has 0 bridgehead atoms. The second kappa shape index (κ2) is 14.3. The molecule has 2 N–H and O–H groups in total. The lowest BCUT2D eigenvalue weighted by molar-refractivity contribution is -0.931. The Balaban J connectivity index is 5.01. The SMILES string of the molecule is CCCC/C=C/C(O)C[N+](CCCC)(CCCC)CCC(C)C(=O)O. The summed E-state index contributed by atoms with van der Waals surface area (Å²) in [5.74, 6) is -1.04. The number of quaternary nitrogens is 1. The molecule has 0 aromatic heterocycles. The minimum atomic E-state index is -0.718. The highest BCUT2D eigenvalue weighted by Gasteiger charge is 2.30. The summed E-state index contributed by atoms with van der Waals surface area (Å²) in [4.78, 5) is 11.2. The van der Waals surface area contributed by atoms with Crippen molar-refractivity contribution in [1.29, 1.82) is 0 Å². The van der Waals surface area contributed by atoms with Gasteiger partial charge in [-0.05, 0) is 19.3 Å². The van der Waals surface area contributed by atoms with Crippen LogP contribution in [0.4, 0.5) is 0 Å². The summed E-state index contributed by atoms with van der Waals surface area (Å²) in [7, 11) is 0. The zero-order chi connectivity index (χ0) is 19.1. The average molecular weight is 357 g/mol. The van der Waals surface area contributed by atoms with Crippen molar-refractivity contribution in [2.75, 3.05) is 26.2 Å². The van der Waals surface area contributed by atoms with Crippen LogP contribution in [0.15, 0.2) is 12.2 Å². The smallest absolute Gasteiger partial charge is 0.306 e. The van der Waals surface area contributed by atoms with Crippen LogP contribution in [0.5, 0.6) is 0 Å². The lowest BCUT2D eigenvalue weighted by Gasteiger charge is -2.40. The molecule has 0 aliphatic carbocycles. The lowest BCUT2D eigenvalue weighted by atomic mass is 10.0. The maximum Gasteiger partial charge on any atom is 0.306 e. The molecule has 2 atom stereocenters. The number of allylic oxidation sites excluding steroid dienone is 1. The molecule has 0 saturated heterocycles. The number of carbonyl (C=O) groups is 1. The molecule has 0 aromatic carbocycles. The first-order valence-corrected chi connectivity index (χ1v) is 10.3. The van der Waals surface area contributed by atoms with Crippen LogP contribution in [-0.4, -0.2) is 52.9 Å². The normalized spacial score (nSPS) is 14.8. The number of nitrogens with zero attached hydrogens (tertiary/aromatic N) is 1. The second-order valence-electron chi connectivity index (χ2n) is 7.57. The molecule has 148 valence electrons. The third kappa shape index (κ3) is 11.4. The Morgan fingerprint density at radius 3 is 2.04 bits per heavy atom. The zero-order valence-electron chi connectivity index (χ0n) is 17.0. The van der Waals surface area contributed by atoms with Gasteiger partial charge in [0.25, 0.3) is 0 Å². The van der Waals surface area contributed by atoms with E-state index in [9.17, 15) is 15.0 Å². The predicted molar refractivity (Wildman–Crippen MR) is 106 cm³/mol. The van der Waals surface area contributed by atoms with Gasteiger partial charge in [0, 0.05) is 6.42 Å². The van der Waals surface area contributed by atoms with E-state index in [1.807, 2.05) is 6.08 Å². The number of aliphatic carboxylic acids is 1. The van der Waals surface area contributed by atoms with Crippen molar-refractivity contribution in [2.24, 2.45) is 5.92 Å². The predicted octanol–water partition coefficient (Wildman–Crippen LogP) is 4.62. The number of hydrogen-bond acceptors (Lipinski definition) is 2. The van der Waals surface area contributed by atoms with E-state index in [-0.39, 0.29) is 5.92 Å². The molecule has 0 spiro atoms. The molecule has 2 unspecified atom stereocenters. The Bertz CT molecular complexity index is 360. The minimum Gasteiger partial charge on any atom is -0.481 e. The van der Waals surface area contributed by atoms with Crippen molar-refractivity contribution in [3.63, 3.8) is 0 Å². The van der Waals surface area contributed by atoms with Crippen LogP contribution in [-0.2, 0) is 4.79 Å². The van der Waals surface area contributed by atoms with Crippen molar-refractivity contribution in [2.45, 2.75) is 85.2 Å². The quantitative estimate of drug-likeness (QED) is 0.241. The summed E-state index contributed by atoms with van der Waals surface area (Å²) < 4.78 is 0.846. The Morgan fingerprint density at radius 1 is 1.00 bits per heavy atom.